The van der Waals surface area contributed by atoms with Crippen LogP contribution in [0.5, 0.6) is 0 Å². The normalized spacial score (nSPS) is 13.2. The lowest BCUT2D eigenvalue weighted by Crippen LogP contribution is -2.33. The smallest absolute Gasteiger partial charge is 0.0589 e. The highest BCUT2D eigenvalue weighted by Gasteiger charge is 2.05. The van der Waals surface area contributed by atoms with Gasteiger partial charge < -0.3 is 14.8 Å². The summed E-state index contributed by atoms with van der Waals surface area (Å²) in [5, 5.41) is 3.44. The van der Waals surface area contributed by atoms with Gasteiger partial charge in [-0.25, -0.2) is 0 Å². The Balaban J connectivity index is 3.65. The Bertz CT molecular complexity index is 148. The fourth-order valence-corrected chi connectivity index (χ4v) is 1.85. The number of ether oxygens (including phenoxy) is 2. The summed E-state index contributed by atoms with van der Waals surface area (Å²) in [7, 11) is 3.50. The Kier molecular flexibility index (Phi) is 12.2. The van der Waals surface area contributed by atoms with E-state index in [0.29, 0.717) is 6.04 Å². The summed E-state index contributed by atoms with van der Waals surface area (Å²) >= 11 is 0. The molecule has 4 nitrogen and oxygen atoms in total. The van der Waals surface area contributed by atoms with Crippen LogP contribution in [-0.4, -0.2) is 64.6 Å². The minimum Gasteiger partial charge on any atom is -0.383 e. The number of nitrogens with one attached hydrogen (secondary N) is 1. The standard InChI is InChI=1S/C13H30N2O2/c1-5-14-13(2)7-6-8-15(9-11-16-3)10-12-17-4/h13-14H,5-12H2,1-4H3. The second-order valence-electron chi connectivity index (χ2n) is 4.43. The van der Waals surface area contributed by atoms with Crippen LogP contribution < -0.4 is 5.32 Å². The Morgan fingerprint density at radius 2 is 1.65 bits per heavy atom. The van der Waals surface area contributed by atoms with Crippen molar-refractivity contribution in [2.75, 3.05) is 53.6 Å². The van der Waals surface area contributed by atoms with Crippen molar-refractivity contribution in [3.05, 3.63) is 0 Å². The van der Waals surface area contributed by atoms with Crippen molar-refractivity contribution >= 4 is 0 Å². The molecule has 0 heterocycles. The molecule has 1 atom stereocenters. The monoisotopic (exact) mass is 246 g/mol. The van der Waals surface area contributed by atoms with E-state index in [1.54, 1.807) is 14.2 Å². The number of methoxy groups -OCH3 is 2. The minimum absolute atomic E-state index is 0.617. The largest absolute Gasteiger partial charge is 0.383 e. The average Bonchev–Trinajstić information content (AvgIpc) is 2.32. The SMILES string of the molecule is CCNC(C)CCCN(CCOC)CCOC. The van der Waals surface area contributed by atoms with Crippen LogP contribution in [0.1, 0.15) is 26.7 Å². The number of nitrogens with zero attached hydrogens (tertiary/aromatic N) is 1. The number of hydrogen-bond acceptors (Lipinski definition) is 4. The van der Waals surface area contributed by atoms with Crippen LogP contribution in [0, 0.1) is 0 Å². The van der Waals surface area contributed by atoms with Crippen LogP contribution in [0.2, 0.25) is 0 Å². The Morgan fingerprint density at radius 1 is 1.06 bits per heavy atom. The summed E-state index contributed by atoms with van der Waals surface area (Å²) in [4.78, 5) is 2.41. The number of hydrogen-bond donors (Lipinski definition) is 1. The van der Waals surface area contributed by atoms with E-state index in [1.807, 2.05) is 0 Å². The summed E-state index contributed by atoms with van der Waals surface area (Å²) < 4.78 is 10.2. The summed E-state index contributed by atoms with van der Waals surface area (Å²) in [5.74, 6) is 0. The van der Waals surface area contributed by atoms with Gasteiger partial charge >= 0.3 is 0 Å². The van der Waals surface area contributed by atoms with Crippen molar-refractivity contribution in [1.29, 1.82) is 0 Å². The van der Waals surface area contributed by atoms with Gasteiger partial charge in [0.2, 0.25) is 0 Å². The third-order valence-electron chi connectivity index (χ3n) is 2.89. The molecular weight excluding hydrogens is 216 g/mol. The van der Waals surface area contributed by atoms with E-state index in [4.69, 9.17) is 9.47 Å². The van der Waals surface area contributed by atoms with E-state index in [-0.39, 0.29) is 0 Å². The molecule has 0 spiro atoms. The quantitative estimate of drug-likeness (QED) is 0.564. The van der Waals surface area contributed by atoms with Crippen molar-refractivity contribution < 1.29 is 9.47 Å². The first-order chi connectivity index (χ1) is 8.24. The lowest BCUT2D eigenvalue weighted by atomic mass is 10.2. The molecule has 0 amide bonds. The molecule has 1 N–H and O–H groups in total. The van der Waals surface area contributed by atoms with Crippen LogP contribution in [0.15, 0.2) is 0 Å². The molecule has 0 aromatic heterocycles. The van der Waals surface area contributed by atoms with Crippen molar-refractivity contribution in [2.45, 2.75) is 32.7 Å². The van der Waals surface area contributed by atoms with Crippen LogP contribution >= 0.6 is 0 Å². The maximum Gasteiger partial charge on any atom is 0.0589 e. The van der Waals surface area contributed by atoms with E-state index in [2.05, 4.69) is 24.1 Å². The van der Waals surface area contributed by atoms with Gasteiger partial charge in [-0.1, -0.05) is 6.92 Å². The minimum atomic E-state index is 0.617. The van der Waals surface area contributed by atoms with Crippen LogP contribution in [0.3, 0.4) is 0 Å². The van der Waals surface area contributed by atoms with Gasteiger partial charge in [0.15, 0.2) is 0 Å². The van der Waals surface area contributed by atoms with Crippen molar-refractivity contribution in [3.63, 3.8) is 0 Å². The molecule has 0 saturated heterocycles. The van der Waals surface area contributed by atoms with E-state index in [1.165, 1.54) is 12.8 Å². The fourth-order valence-electron chi connectivity index (χ4n) is 1.85. The highest BCUT2D eigenvalue weighted by molar-refractivity contribution is 4.63. The van der Waals surface area contributed by atoms with E-state index >= 15 is 0 Å². The van der Waals surface area contributed by atoms with Gasteiger partial charge in [-0.05, 0) is 32.9 Å². The molecule has 0 aromatic carbocycles. The predicted octanol–water partition coefficient (Wildman–Crippen LogP) is 1.36. The van der Waals surface area contributed by atoms with E-state index in [0.717, 1.165) is 39.4 Å². The molecule has 1 unspecified atom stereocenters. The van der Waals surface area contributed by atoms with Crippen molar-refractivity contribution in [1.82, 2.24) is 10.2 Å². The summed E-state index contributed by atoms with van der Waals surface area (Å²) in [5.41, 5.74) is 0. The number of rotatable bonds is 12. The first-order valence-corrected chi connectivity index (χ1v) is 6.68. The fraction of sp³-hybridized carbons (Fsp3) is 1.00. The molecular formula is C13H30N2O2. The van der Waals surface area contributed by atoms with Gasteiger partial charge in [0.05, 0.1) is 13.2 Å². The molecule has 0 saturated carbocycles. The molecule has 104 valence electrons. The van der Waals surface area contributed by atoms with Crippen LogP contribution in [-0.2, 0) is 9.47 Å². The average molecular weight is 246 g/mol. The molecule has 4 heteroatoms. The molecule has 0 bridgehead atoms. The van der Waals surface area contributed by atoms with Crippen molar-refractivity contribution in [3.8, 4) is 0 Å². The topological polar surface area (TPSA) is 33.7 Å². The van der Waals surface area contributed by atoms with Crippen LogP contribution in [0.25, 0.3) is 0 Å². The van der Waals surface area contributed by atoms with Gasteiger partial charge in [0.25, 0.3) is 0 Å². The zero-order valence-corrected chi connectivity index (χ0v) is 12.0. The third-order valence-corrected chi connectivity index (χ3v) is 2.89. The molecule has 0 fully saturated rings. The Hall–Kier alpha value is -0.160. The maximum atomic E-state index is 5.12. The summed E-state index contributed by atoms with van der Waals surface area (Å²) in [6.45, 7) is 10.2. The molecule has 0 aliphatic rings. The summed E-state index contributed by atoms with van der Waals surface area (Å²) in [6, 6.07) is 0.617. The van der Waals surface area contributed by atoms with Gasteiger partial charge in [0, 0.05) is 33.4 Å². The Morgan fingerprint density at radius 3 is 2.12 bits per heavy atom. The highest BCUT2D eigenvalue weighted by atomic mass is 16.5. The first-order valence-electron chi connectivity index (χ1n) is 6.68. The molecule has 0 aromatic rings. The van der Waals surface area contributed by atoms with Gasteiger partial charge in [-0.15, -0.1) is 0 Å². The summed E-state index contributed by atoms with van der Waals surface area (Å²) in [6.07, 6.45) is 2.45. The lowest BCUT2D eigenvalue weighted by Gasteiger charge is -2.22. The van der Waals surface area contributed by atoms with E-state index in [9.17, 15) is 0 Å². The lowest BCUT2D eigenvalue weighted by molar-refractivity contribution is 0.112. The second-order valence-corrected chi connectivity index (χ2v) is 4.43. The molecule has 0 aliphatic carbocycles. The van der Waals surface area contributed by atoms with Gasteiger partial charge in [-0.3, -0.25) is 4.90 Å². The van der Waals surface area contributed by atoms with Gasteiger partial charge in [-0.2, -0.15) is 0 Å². The first kappa shape index (κ1) is 16.8. The molecule has 17 heavy (non-hydrogen) atoms. The third kappa shape index (κ3) is 10.7. The van der Waals surface area contributed by atoms with E-state index < -0.39 is 0 Å². The molecule has 0 aliphatic heterocycles. The predicted molar refractivity (Wildman–Crippen MR) is 72.6 cm³/mol. The maximum absolute atomic E-state index is 5.12. The van der Waals surface area contributed by atoms with Gasteiger partial charge in [0.1, 0.15) is 0 Å². The molecule has 0 radical (unpaired) electrons. The highest BCUT2D eigenvalue weighted by Crippen LogP contribution is 2.00. The second kappa shape index (κ2) is 12.3. The Labute approximate surface area is 107 Å². The van der Waals surface area contributed by atoms with Crippen LogP contribution in [0.4, 0.5) is 0 Å². The van der Waals surface area contributed by atoms with Crippen molar-refractivity contribution in [2.24, 2.45) is 0 Å². The molecule has 0 rings (SSSR count). The zero-order chi connectivity index (χ0) is 12.9. The zero-order valence-electron chi connectivity index (χ0n) is 12.0.